The Labute approximate surface area is 102 Å². The standard InChI is InChI=1S/C12H10N4S/c13-12-16-9-5-4-8(7-10(9)17-12)15-11-3-1-2-6-14-11/h1-7H,(H2,13,16)(H,14,15). The number of nitrogens with zero attached hydrogens (tertiary/aromatic N) is 2. The van der Waals surface area contributed by atoms with E-state index in [0.717, 1.165) is 21.7 Å². The number of nitrogen functional groups attached to an aromatic ring is 1. The first kappa shape index (κ1) is 10.0. The predicted molar refractivity (Wildman–Crippen MR) is 71.6 cm³/mol. The van der Waals surface area contributed by atoms with E-state index in [1.54, 1.807) is 6.20 Å². The van der Waals surface area contributed by atoms with Gasteiger partial charge >= 0.3 is 0 Å². The molecule has 0 bridgehead atoms. The third-order valence-corrected chi connectivity index (χ3v) is 3.19. The van der Waals surface area contributed by atoms with Gasteiger partial charge in [0.25, 0.3) is 0 Å². The van der Waals surface area contributed by atoms with Crippen molar-refractivity contribution in [3.05, 3.63) is 42.6 Å². The van der Waals surface area contributed by atoms with Crippen molar-refractivity contribution in [2.75, 3.05) is 11.1 Å². The summed E-state index contributed by atoms with van der Waals surface area (Å²) in [4.78, 5) is 8.43. The van der Waals surface area contributed by atoms with E-state index < -0.39 is 0 Å². The summed E-state index contributed by atoms with van der Waals surface area (Å²) >= 11 is 1.48. The van der Waals surface area contributed by atoms with Crippen LogP contribution in [-0.4, -0.2) is 9.97 Å². The van der Waals surface area contributed by atoms with E-state index in [1.807, 2.05) is 36.4 Å². The van der Waals surface area contributed by atoms with Gasteiger partial charge in [-0.25, -0.2) is 9.97 Å². The second kappa shape index (κ2) is 4.03. The molecule has 0 atom stereocenters. The number of nitrogens with two attached hydrogens (primary N) is 1. The largest absolute Gasteiger partial charge is 0.375 e. The van der Waals surface area contributed by atoms with Crippen molar-refractivity contribution in [2.45, 2.75) is 0 Å². The fourth-order valence-corrected chi connectivity index (χ4v) is 2.38. The van der Waals surface area contributed by atoms with Crippen molar-refractivity contribution < 1.29 is 0 Å². The number of nitrogens with one attached hydrogen (secondary N) is 1. The maximum absolute atomic E-state index is 5.67. The molecular weight excluding hydrogens is 232 g/mol. The normalized spacial score (nSPS) is 10.6. The van der Waals surface area contributed by atoms with Crippen LogP contribution in [0.25, 0.3) is 10.2 Å². The van der Waals surface area contributed by atoms with E-state index in [0.29, 0.717) is 5.13 Å². The number of thiazole rings is 1. The number of hydrogen-bond donors (Lipinski definition) is 2. The molecule has 3 rings (SSSR count). The minimum absolute atomic E-state index is 0.593. The second-order valence-electron chi connectivity index (χ2n) is 3.57. The molecule has 2 heterocycles. The maximum atomic E-state index is 5.67. The Morgan fingerprint density at radius 1 is 1.18 bits per heavy atom. The average Bonchev–Trinajstić information content (AvgIpc) is 2.70. The van der Waals surface area contributed by atoms with Crippen LogP contribution in [0.15, 0.2) is 42.6 Å². The van der Waals surface area contributed by atoms with Crippen molar-refractivity contribution in [1.29, 1.82) is 0 Å². The van der Waals surface area contributed by atoms with Gasteiger partial charge in [0.2, 0.25) is 0 Å². The van der Waals surface area contributed by atoms with Crippen molar-refractivity contribution in [3.8, 4) is 0 Å². The van der Waals surface area contributed by atoms with Gasteiger partial charge in [0.1, 0.15) is 5.82 Å². The Hall–Kier alpha value is -2.14. The van der Waals surface area contributed by atoms with Gasteiger partial charge in [0.15, 0.2) is 5.13 Å². The highest BCUT2D eigenvalue weighted by Gasteiger charge is 2.02. The highest BCUT2D eigenvalue weighted by Crippen LogP contribution is 2.27. The Kier molecular flexibility index (Phi) is 2.38. The lowest BCUT2D eigenvalue weighted by molar-refractivity contribution is 1.31. The summed E-state index contributed by atoms with van der Waals surface area (Å²) in [5.74, 6) is 0.823. The van der Waals surface area contributed by atoms with Crippen LogP contribution < -0.4 is 11.1 Å². The molecule has 3 aromatic rings. The van der Waals surface area contributed by atoms with Crippen molar-refractivity contribution in [3.63, 3.8) is 0 Å². The molecule has 0 aliphatic carbocycles. The predicted octanol–water partition coefficient (Wildman–Crippen LogP) is 3.02. The van der Waals surface area contributed by atoms with Crippen LogP contribution in [0.2, 0.25) is 0 Å². The molecule has 4 nitrogen and oxygen atoms in total. The molecule has 3 N–H and O–H groups in total. The molecule has 1 aromatic carbocycles. The number of hydrogen-bond acceptors (Lipinski definition) is 5. The van der Waals surface area contributed by atoms with Crippen molar-refractivity contribution in [1.82, 2.24) is 9.97 Å². The number of fused-ring (bicyclic) bond motifs is 1. The summed E-state index contributed by atoms with van der Waals surface area (Å²) in [6.45, 7) is 0. The topological polar surface area (TPSA) is 63.8 Å². The third-order valence-electron chi connectivity index (χ3n) is 2.34. The maximum Gasteiger partial charge on any atom is 0.181 e. The van der Waals surface area contributed by atoms with Gasteiger partial charge in [-0.3, -0.25) is 0 Å². The SMILES string of the molecule is Nc1nc2ccc(Nc3ccccn3)cc2s1. The summed E-state index contributed by atoms with van der Waals surface area (Å²) in [6, 6.07) is 11.7. The smallest absolute Gasteiger partial charge is 0.181 e. The van der Waals surface area contributed by atoms with E-state index in [9.17, 15) is 0 Å². The first-order valence-corrected chi connectivity index (χ1v) is 5.97. The fourth-order valence-electron chi connectivity index (χ4n) is 1.60. The Balaban J connectivity index is 1.95. The minimum atomic E-state index is 0.593. The van der Waals surface area contributed by atoms with Crippen molar-refractivity contribution >= 4 is 38.2 Å². The fraction of sp³-hybridized carbons (Fsp3) is 0. The Morgan fingerprint density at radius 2 is 2.12 bits per heavy atom. The molecule has 0 saturated heterocycles. The molecule has 0 aliphatic heterocycles. The summed E-state index contributed by atoms with van der Waals surface area (Å²) in [5, 5.41) is 3.82. The van der Waals surface area contributed by atoms with Crippen LogP contribution in [0.4, 0.5) is 16.6 Å². The van der Waals surface area contributed by atoms with Crippen LogP contribution in [0.1, 0.15) is 0 Å². The molecule has 84 valence electrons. The first-order chi connectivity index (χ1) is 8.31. The zero-order valence-corrected chi connectivity index (χ0v) is 9.74. The molecule has 0 radical (unpaired) electrons. The van der Waals surface area contributed by atoms with Gasteiger partial charge in [0, 0.05) is 11.9 Å². The third kappa shape index (κ3) is 2.05. The molecule has 0 fully saturated rings. The zero-order valence-electron chi connectivity index (χ0n) is 8.92. The molecule has 0 unspecified atom stereocenters. The van der Waals surface area contributed by atoms with Crippen LogP contribution in [-0.2, 0) is 0 Å². The quantitative estimate of drug-likeness (QED) is 0.725. The zero-order chi connectivity index (χ0) is 11.7. The van der Waals surface area contributed by atoms with Gasteiger partial charge in [-0.05, 0) is 30.3 Å². The summed E-state index contributed by atoms with van der Waals surface area (Å²) in [7, 11) is 0. The van der Waals surface area contributed by atoms with E-state index in [2.05, 4.69) is 15.3 Å². The molecule has 0 spiro atoms. The van der Waals surface area contributed by atoms with Gasteiger partial charge in [-0.15, -0.1) is 0 Å². The van der Waals surface area contributed by atoms with E-state index in [1.165, 1.54) is 11.3 Å². The van der Waals surface area contributed by atoms with Gasteiger partial charge in [-0.2, -0.15) is 0 Å². The second-order valence-corrected chi connectivity index (χ2v) is 4.64. The molecule has 2 aromatic heterocycles. The first-order valence-electron chi connectivity index (χ1n) is 5.15. The number of pyridine rings is 1. The number of anilines is 3. The number of benzene rings is 1. The van der Waals surface area contributed by atoms with Crippen LogP contribution in [0.3, 0.4) is 0 Å². The molecule has 0 saturated carbocycles. The Bertz CT molecular complexity index is 648. The summed E-state index contributed by atoms with van der Waals surface area (Å²) < 4.78 is 1.07. The molecule has 17 heavy (non-hydrogen) atoms. The number of rotatable bonds is 2. The van der Waals surface area contributed by atoms with Crippen LogP contribution in [0, 0.1) is 0 Å². The lowest BCUT2D eigenvalue weighted by Gasteiger charge is -2.04. The molecule has 0 aliphatic rings. The lowest BCUT2D eigenvalue weighted by Crippen LogP contribution is -1.91. The average molecular weight is 242 g/mol. The molecule has 0 amide bonds. The van der Waals surface area contributed by atoms with Crippen LogP contribution >= 0.6 is 11.3 Å². The summed E-state index contributed by atoms with van der Waals surface area (Å²) in [6.07, 6.45) is 1.76. The van der Waals surface area contributed by atoms with Crippen molar-refractivity contribution in [2.24, 2.45) is 0 Å². The molecular formula is C12H10N4S. The highest BCUT2D eigenvalue weighted by molar-refractivity contribution is 7.22. The van der Waals surface area contributed by atoms with E-state index in [-0.39, 0.29) is 0 Å². The lowest BCUT2D eigenvalue weighted by atomic mass is 10.3. The van der Waals surface area contributed by atoms with Crippen LogP contribution in [0.5, 0.6) is 0 Å². The highest BCUT2D eigenvalue weighted by atomic mass is 32.1. The number of aromatic nitrogens is 2. The Morgan fingerprint density at radius 3 is 2.94 bits per heavy atom. The molecule has 5 heteroatoms. The van der Waals surface area contributed by atoms with Gasteiger partial charge in [-0.1, -0.05) is 17.4 Å². The van der Waals surface area contributed by atoms with Gasteiger partial charge in [0.05, 0.1) is 10.2 Å². The summed E-state index contributed by atoms with van der Waals surface area (Å²) in [5.41, 5.74) is 7.58. The van der Waals surface area contributed by atoms with E-state index >= 15 is 0 Å². The monoisotopic (exact) mass is 242 g/mol. The van der Waals surface area contributed by atoms with Gasteiger partial charge < -0.3 is 11.1 Å². The minimum Gasteiger partial charge on any atom is -0.375 e. The van der Waals surface area contributed by atoms with E-state index in [4.69, 9.17) is 5.73 Å².